The summed E-state index contributed by atoms with van der Waals surface area (Å²) in [5.41, 5.74) is 3.55. The molecule has 2 amide bonds. The zero-order valence-corrected chi connectivity index (χ0v) is 22.9. The summed E-state index contributed by atoms with van der Waals surface area (Å²) >= 11 is 14.9. The van der Waals surface area contributed by atoms with E-state index in [0.29, 0.717) is 27.8 Å². The van der Waals surface area contributed by atoms with Crippen LogP contribution in [0.25, 0.3) is 0 Å². The first-order chi connectivity index (χ1) is 19.8. The number of imide groups is 1. The van der Waals surface area contributed by atoms with Crippen LogP contribution in [0.3, 0.4) is 0 Å². The predicted octanol–water partition coefficient (Wildman–Crippen LogP) is 5.82. The van der Waals surface area contributed by atoms with Crippen LogP contribution in [0.1, 0.15) is 43.0 Å². The fourth-order valence-electron chi connectivity index (χ4n) is 6.62. The summed E-state index contributed by atoms with van der Waals surface area (Å²) < 4.78 is 5.25. The number of rotatable bonds is 5. The molecule has 0 unspecified atom stereocenters. The average molecular weight is 582 g/mol. The van der Waals surface area contributed by atoms with Gasteiger partial charge in [-0.2, -0.15) is 0 Å². The highest BCUT2D eigenvalue weighted by Gasteiger charge is 2.73. The van der Waals surface area contributed by atoms with Crippen LogP contribution in [0.2, 0.25) is 0 Å². The van der Waals surface area contributed by atoms with Crippen molar-refractivity contribution in [3.05, 3.63) is 137 Å². The number of alkyl halides is 2. The van der Waals surface area contributed by atoms with Crippen LogP contribution >= 0.6 is 23.2 Å². The Balaban J connectivity index is 1.24. The summed E-state index contributed by atoms with van der Waals surface area (Å²) in [5.74, 6) is -4.01. The van der Waals surface area contributed by atoms with Crippen molar-refractivity contribution in [1.29, 1.82) is 0 Å². The number of halogens is 2. The number of hydrogen-bond donors (Lipinski definition) is 0. The smallest absolute Gasteiger partial charge is 0.338 e. The van der Waals surface area contributed by atoms with Crippen molar-refractivity contribution < 1.29 is 23.9 Å². The van der Waals surface area contributed by atoms with Gasteiger partial charge in [0.2, 0.25) is 11.8 Å². The monoisotopic (exact) mass is 581 g/mol. The molecule has 202 valence electrons. The van der Waals surface area contributed by atoms with Crippen molar-refractivity contribution in [3.8, 4) is 0 Å². The molecule has 1 heterocycles. The summed E-state index contributed by atoms with van der Waals surface area (Å²) in [6, 6.07) is 29.4. The second kappa shape index (κ2) is 9.13. The Morgan fingerprint density at radius 3 is 1.63 bits per heavy atom. The van der Waals surface area contributed by atoms with E-state index in [2.05, 4.69) is 0 Å². The largest absolute Gasteiger partial charge is 0.454 e. The minimum Gasteiger partial charge on any atom is -0.454 e. The molecule has 0 aromatic heterocycles. The first kappa shape index (κ1) is 25.7. The summed E-state index contributed by atoms with van der Waals surface area (Å²) in [4.78, 5) is 52.1. The molecule has 0 saturated carbocycles. The van der Waals surface area contributed by atoms with Gasteiger partial charge in [0.25, 0.3) is 0 Å². The lowest BCUT2D eigenvalue weighted by Crippen LogP contribution is -2.57. The molecule has 0 spiro atoms. The molecule has 4 aromatic carbocycles. The molecule has 1 saturated heterocycles. The molecule has 2 bridgehead atoms. The minimum atomic E-state index is -1.30. The van der Waals surface area contributed by atoms with E-state index >= 15 is 0 Å². The molecule has 0 radical (unpaired) electrons. The van der Waals surface area contributed by atoms with Crippen molar-refractivity contribution in [2.24, 2.45) is 11.8 Å². The molecule has 6 nitrogen and oxygen atoms in total. The van der Waals surface area contributed by atoms with Gasteiger partial charge in [0.15, 0.2) is 12.4 Å². The van der Waals surface area contributed by atoms with E-state index < -0.39 is 46.0 Å². The van der Waals surface area contributed by atoms with Crippen molar-refractivity contribution in [2.45, 2.75) is 9.75 Å². The number of amides is 2. The number of anilines is 1. The number of carbonyl (C=O) groups excluding carboxylic acids is 4. The van der Waals surface area contributed by atoms with Gasteiger partial charge in [-0.3, -0.25) is 14.4 Å². The normalized spacial score (nSPS) is 25.4. The summed E-state index contributed by atoms with van der Waals surface area (Å²) in [6.07, 6.45) is 0. The lowest BCUT2D eigenvalue weighted by atomic mass is 9.54. The SMILES string of the molecule is O=C(COC(=O)c1cccc(N2C(=O)[C@@H]3[C@H](C2=O)C2(Cl)c4ccccc4C3(Cl)c3ccccc32)c1)c1ccccc1. The Labute approximate surface area is 245 Å². The van der Waals surface area contributed by atoms with E-state index in [1.807, 2.05) is 48.5 Å². The quantitative estimate of drug-likeness (QED) is 0.128. The van der Waals surface area contributed by atoms with Gasteiger partial charge in [-0.1, -0.05) is 84.9 Å². The van der Waals surface area contributed by atoms with Gasteiger partial charge in [-0.05, 0) is 40.5 Å². The number of esters is 1. The number of ketones is 1. The second-order valence-electron chi connectivity index (χ2n) is 10.4. The molecule has 4 aromatic rings. The predicted molar refractivity (Wildman–Crippen MR) is 153 cm³/mol. The minimum absolute atomic E-state index is 0.0922. The number of nitrogens with zero attached hydrogens (tertiary/aromatic N) is 1. The van der Waals surface area contributed by atoms with Crippen LogP contribution in [0.5, 0.6) is 0 Å². The van der Waals surface area contributed by atoms with E-state index in [1.165, 1.54) is 12.1 Å². The lowest BCUT2D eigenvalue weighted by Gasteiger charge is -2.54. The highest BCUT2D eigenvalue weighted by Crippen LogP contribution is 2.69. The van der Waals surface area contributed by atoms with Crippen LogP contribution < -0.4 is 4.90 Å². The molecule has 8 heteroatoms. The van der Waals surface area contributed by atoms with Crippen LogP contribution in [0.15, 0.2) is 103 Å². The topological polar surface area (TPSA) is 80.8 Å². The van der Waals surface area contributed by atoms with Crippen LogP contribution in [-0.2, 0) is 24.1 Å². The Morgan fingerprint density at radius 1 is 0.659 bits per heavy atom. The Kier molecular flexibility index (Phi) is 5.72. The first-order valence-electron chi connectivity index (χ1n) is 13.1. The Bertz CT molecular complexity index is 1660. The molecule has 2 atom stereocenters. The van der Waals surface area contributed by atoms with E-state index in [9.17, 15) is 19.2 Å². The number of Topliss-reactive ketones (excluding diaryl/α,β-unsaturated/α-hetero) is 1. The first-order valence-corrected chi connectivity index (χ1v) is 13.8. The maximum absolute atomic E-state index is 14.2. The molecule has 41 heavy (non-hydrogen) atoms. The second-order valence-corrected chi connectivity index (χ2v) is 11.6. The van der Waals surface area contributed by atoms with Crippen LogP contribution in [-0.4, -0.2) is 30.2 Å². The Hall–Kier alpha value is -4.26. The van der Waals surface area contributed by atoms with Gasteiger partial charge in [0.05, 0.1) is 23.1 Å². The van der Waals surface area contributed by atoms with Crippen LogP contribution in [0.4, 0.5) is 5.69 Å². The summed E-state index contributed by atoms with van der Waals surface area (Å²) in [5, 5.41) is 0. The molecule has 4 aliphatic rings. The van der Waals surface area contributed by atoms with Gasteiger partial charge in [0.1, 0.15) is 9.75 Å². The molecule has 1 aliphatic heterocycles. The third kappa shape index (κ3) is 3.44. The summed E-state index contributed by atoms with van der Waals surface area (Å²) in [7, 11) is 0. The van der Waals surface area contributed by atoms with Gasteiger partial charge < -0.3 is 4.74 Å². The number of hydrogen-bond acceptors (Lipinski definition) is 5. The third-order valence-electron chi connectivity index (χ3n) is 8.36. The fraction of sp³-hybridized carbons (Fsp3) is 0.152. The number of benzene rings is 4. The van der Waals surface area contributed by atoms with Crippen molar-refractivity contribution in [3.63, 3.8) is 0 Å². The zero-order valence-electron chi connectivity index (χ0n) is 21.4. The van der Waals surface area contributed by atoms with Gasteiger partial charge in [-0.25, -0.2) is 9.69 Å². The Morgan fingerprint density at radius 2 is 1.12 bits per heavy atom. The highest BCUT2D eigenvalue weighted by molar-refractivity contribution is 6.38. The lowest BCUT2D eigenvalue weighted by molar-refractivity contribution is -0.122. The molecule has 0 N–H and O–H groups in total. The molecule has 8 rings (SSSR count). The number of carbonyl (C=O) groups is 4. The zero-order chi connectivity index (χ0) is 28.5. The van der Waals surface area contributed by atoms with Gasteiger partial charge in [0, 0.05) is 5.56 Å². The van der Waals surface area contributed by atoms with E-state index in [0.717, 1.165) is 4.90 Å². The molecular formula is C33H21Cl2NO5. The fourth-order valence-corrected chi connectivity index (χ4v) is 7.71. The van der Waals surface area contributed by atoms with Gasteiger partial charge >= 0.3 is 5.97 Å². The highest BCUT2D eigenvalue weighted by atomic mass is 35.5. The summed E-state index contributed by atoms with van der Waals surface area (Å²) in [6.45, 7) is -0.446. The van der Waals surface area contributed by atoms with Crippen molar-refractivity contribution >= 4 is 52.5 Å². The van der Waals surface area contributed by atoms with E-state index in [-0.39, 0.29) is 17.0 Å². The van der Waals surface area contributed by atoms with Gasteiger partial charge in [-0.15, -0.1) is 23.2 Å². The van der Waals surface area contributed by atoms with E-state index in [1.54, 1.807) is 42.5 Å². The molecule has 1 fully saturated rings. The van der Waals surface area contributed by atoms with Crippen molar-refractivity contribution in [1.82, 2.24) is 0 Å². The van der Waals surface area contributed by atoms with E-state index in [4.69, 9.17) is 27.9 Å². The third-order valence-corrected chi connectivity index (χ3v) is 9.64. The maximum Gasteiger partial charge on any atom is 0.338 e. The molecular weight excluding hydrogens is 561 g/mol. The molecule has 3 aliphatic carbocycles. The van der Waals surface area contributed by atoms with Crippen LogP contribution in [0, 0.1) is 11.8 Å². The standard InChI is InChI=1S/C33H21Cl2NO5/c34-32-22-13-4-5-14-23(22)33(35,25-16-7-6-15-24(25)32)28-27(32)29(38)36(30(28)39)21-12-8-11-20(17-21)31(40)41-18-26(37)19-9-2-1-3-10-19/h1-17,27-28H,18H2/t27-,28+,32?,33?. The average Bonchev–Trinajstić information content (AvgIpc) is 3.29. The van der Waals surface area contributed by atoms with Crippen molar-refractivity contribution in [2.75, 3.05) is 11.5 Å². The maximum atomic E-state index is 14.2. The number of ether oxygens (including phenoxy) is 1.